The van der Waals surface area contributed by atoms with E-state index in [1.807, 2.05) is 36.4 Å². The standard InChI is InChI=1S/C29H24N2S/c32-29(30-25-15-5-2-6-16-25)31(20-22-11-3-1-4-12-22)21-28-26-17-9-7-13-23(26)19-24-14-8-10-18-27(24)28/h1-19H,20-21H2,(H,30,32). The lowest BCUT2D eigenvalue weighted by molar-refractivity contribution is 0.416. The molecule has 0 amide bonds. The lowest BCUT2D eigenvalue weighted by atomic mass is 9.96. The Labute approximate surface area is 194 Å². The SMILES string of the molecule is S=C(Nc1ccccc1)N(Cc1ccccc1)Cc1c2ccccc2cc2ccccc12. The van der Waals surface area contributed by atoms with Gasteiger partial charge < -0.3 is 10.2 Å². The molecule has 5 aromatic rings. The molecule has 0 heterocycles. The van der Waals surface area contributed by atoms with Gasteiger partial charge in [0, 0.05) is 18.8 Å². The first-order chi connectivity index (χ1) is 15.8. The van der Waals surface area contributed by atoms with Crippen LogP contribution in [-0.2, 0) is 13.1 Å². The summed E-state index contributed by atoms with van der Waals surface area (Å²) >= 11 is 5.92. The highest BCUT2D eigenvalue weighted by atomic mass is 32.1. The maximum Gasteiger partial charge on any atom is 0.174 e. The van der Waals surface area contributed by atoms with Gasteiger partial charge in [0.05, 0.1) is 0 Å². The molecule has 0 bridgehead atoms. The second-order valence-corrected chi connectivity index (χ2v) is 8.32. The zero-order valence-electron chi connectivity index (χ0n) is 17.7. The Morgan fingerprint density at radius 2 is 1.16 bits per heavy atom. The van der Waals surface area contributed by atoms with Crippen LogP contribution in [0.15, 0.2) is 115 Å². The third kappa shape index (κ3) is 4.34. The van der Waals surface area contributed by atoms with E-state index >= 15 is 0 Å². The van der Waals surface area contributed by atoms with Crippen LogP contribution in [0.5, 0.6) is 0 Å². The van der Waals surface area contributed by atoms with Crippen molar-refractivity contribution in [2.45, 2.75) is 13.1 Å². The molecule has 3 heteroatoms. The number of nitrogens with zero attached hydrogens (tertiary/aromatic N) is 1. The van der Waals surface area contributed by atoms with Gasteiger partial charge in [-0.1, -0.05) is 97.1 Å². The second kappa shape index (κ2) is 9.21. The number of hydrogen-bond donors (Lipinski definition) is 1. The fourth-order valence-electron chi connectivity index (χ4n) is 4.20. The third-order valence-corrected chi connectivity index (χ3v) is 6.12. The van der Waals surface area contributed by atoms with E-state index < -0.39 is 0 Å². The Balaban J connectivity index is 1.57. The number of rotatable bonds is 5. The summed E-state index contributed by atoms with van der Waals surface area (Å²) in [6.45, 7) is 1.45. The molecular formula is C29H24N2S. The van der Waals surface area contributed by atoms with Crippen LogP contribution in [-0.4, -0.2) is 10.0 Å². The van der Waals surface area contributed by atoms with Gasteiger partial charge in [0.2, 0.25) is 0 Å². The van der Waals surface area contributed by atoms with E-state index in [4.69, 9.17) is 12.2 Å². The van der Waals surface area contributed by atoms with Gasteiger partial charge in [-0.2, -0.15) is 0 Å². The van der Waals surface area contributed by atoms with Gasteiger partial charge in [0.25, 0.3) is 0 Å². The van der Waals surface area contributed by atoms with Crippen molar-refractivity contribution in [1.82, 2.24) is 4.90 Å². The second-order valence-electron chi connectivity index (χ2n) is 7.94. The molecule has 0 atom stereocenters. The smallest absolute Gasteiger partial charge is 0.174 e. The van der Waals surface area contributed by atoms with Crippen LogP contribution < -0.4 is 5.32 Å². The van der Waals surface area contributed by atoms with Crippen molar-refractivity contribution in [3.8, 4) is 0 Å². The molecule has 0 saturated carbocycles. The third-order valence-electron chi connectivity index (χ3n) is 5.76. The summed E-state index contributed by atoms with van der Waals surface area (Å²) in [5, 5.41) is 9.20. The van der Waals surface area contributed by atoms with Gasteiger partial charge in [0.1, 0.15) is 0 Å². The molecule has 0 spiro atoms. The van der Waals surface area contributed by atoms with Crippen molar-refractivity contribution in [3.63, 3.8) is 0 Å². The first kappa shape index (κ1) is 20.2. The Morgan fingerprint density at radius 3 is 1.78 bits per heavy atom. The summed E-state index contributed by atoms with van der Waals surface area (Å²) in [5.41, 5.74) is 3.53. The maximum absolute atomic E-state index is 5.92. The van der Waals surface area contributed by atoms with Gasteiger partial charge in [-0.05, 0) is 63.1 Å². The van der Waals surface area contributed by atoms with Crippen LogP contribution in [0.4, 0.5) is 5.69 Å². The largest absolute Gasteiger partial charge is 0.340 e. The minimum atomic E-state index is 0.718. The van der Waals surface area contributed by atoms with Crippen molar-refractivity contribution >= 4 is 44.6 Å². The maximum atomic E-state index is 5.92. The first-order valence-corrected chi connectivity index (χ1v) is 11.2. The van der Waals surface area contributed by atoms with Crippen molar-refractivity contribution < 1.29 is 0 Å². The highest BCUT2D eigenvalue weighted by Crippen LogP contribution is 2.30. The van der Waals surface area contributed by atoms with Crippen molar-refractivity contribution in [2.75, 3.05) is 5.32 Å². The summed E-state index contributed by atoms with van der Waals surface area (Å²) in [6, 6.07) is 40.1. The van der Waals surface area contributed by atoms with Crippen LogP contribution in [0.25, 0.3) is 21.5 Å². The molecule has 0 aliphatic carbocycles. The molecule has 0 aromatic heterocycles. The Kier molecular flexibility index (Phi) is 5.82. The zero-order chi connectivity index (χ0) is 21.8. The van der Waals surface area contributed by atoms with Gasteiger partial charge in [0.15, 0.2) is 5.11 Å². The molecule has 0 fully saturated rings. The van der Waals surface area contributed by atoms with Crippen molar-refractivity contribution in [2.24, 2.45) is 0 Å². The van der Waals surface area contributed by atoms with Gasteiger partial charge in [-0.15, -0.1) is 0 Å². The Morgan fingerprint density at radius 1 is 0.625 bits per heavy atom. The number of benzene rings is 5. The first-order valence-electron chi connectivity index (χ1n) is 10.8. The molecule has 2 nitrogen and oxygen atoms in total. The molecule has 32 heavy (non-hydrogen) atoms. The normalized spacial score (nSPS) is 10.9. The van der Waals surface area contributed by atoms with Crippen LogP contribution in [0.3, 0.4) is 0 Å². The summed E-state index contributed by atoms with van der Waals surface area (Å²) in [6.07, 6.45) is 0. The predicted octanol–water partition coefficient (Wildman–Crippen LogP) is 7.39. The van der Waals surface area contributed by atoms with E-state index in [9.17, 15) is 0 Å². The van der Waals surface area contributed by atoms with E-state index in [1.165, 1.54) is 32.7 Å². The van der Waals surface area contributed by atoms with E-state index in [0.717, 1.165) is 23.9 Å². The Bertz CT molecular complexity index is 1310. The van der Waals surface area contributed by atoms with Gasteiger partial charge >= 0.3 is 0 Å². The van der Waals surface area contributed by atoms with Crippen LogP contribution in [0.1, 0.15) is 11.1 Å². The number of anilines is 1. The van der Waals surface area contributed by atoms with E-state index in [0.29, 0.717) is 0 Å². The molecule has 5 aromatic carbocycles. The quantitative estimate of drug-likeness (QED) is 0.230. The van der Waals surface area contributed by atoms with Crippen molar-refractivity contribution in [1.29, 1.82) is 0 Å². The Hall–Kier alpha value is -3.69. The minimum absolute atomic E-state index is 0.718. The van der Waals surface area contributed by atoms with E-state index in [-0.39, 0.29) is 0 Å². The highest BCUT2D eigenvalue weighted by molar-refractivity contribution is 7.80. The van der Waals surface area contributed by atoms with Crippen LogP contribution in [0, 0.1) is 0 Å². The predicted molar refractivity (Wildman–Crippen MR) is 140 cm³/mol. The number of hydrogen-bond acceptors (Lipinski definition) is 1. The lowest BCUT2D eigenvalue weighted by Crippen LogP contribution is -2.34. The van der Waals surface area contributed by atoms with Crippen LogP contribution in [0.2, 0.25) is 0 Å². The molecule has 0 aliphatic rings. The van der Waals surface area contributed by atoms with Gasteiger partial charge in [-0.3, -0.25) is 0 Å². The summed E-state index contributed by atoms with van der Waals surface area (Å²) in [5.74, 6) is 0. The summed E-state index contributed by atoms with van der Waals surface area (Å²) in [7, 11) is 0. The molecule has 0 radical (unpaired) electrons. The van der Waals surface area contributed by atoms with Crippen LogP contribution >= 0.6 is 12.2 Å². The average molecular weight is 433 g/mol. The molecule has 156 valence electrons. The lowest BCUT2D eigenvalue weighted by Gasteiger charge is -2.27. The number of nitrogens with one attached hydrogen (secondary N) is 1. The average Bonchev–Trinajstić information content (AvgIpc) is 2.84. The van der Waals surface area contributed by atoms with E-state index in [1.54, 1.807) is 0 Å². The number of fused-ring (bicyclic) bond motifs is 2. The minimum Gasteiger partial charge on any atom is -0.340 e. The van der Waals surface area contributed by atoms with Crippen molar-refractivity contribution in [3.05, 3.63) is 126 Å². The molecule has 0 saturated heterocycles. The molecular weight excluding hydrogens is 408 g/mol. The topological polar surface area (TPSA) is 15.3 Å². The molecule has 0 unspecified atom stereocenters. The fraction of sp³-hybridized carbons (Fsp3) is 0.0690. The molecule has 1 N–H and O–H groups in total. The summed E-state index contributed by atoms with van der Waals surface area (Å²) in [4.78, 5) is 2.26. The summed E-state index contributed by atoms with van der Waals surface area (Å²) < 4.78 is 0. The van der Waals surface area contributed by atoms with E-state index in [2.05, 4.69) is 89.1 Å². The number of para-hydroxylation sites is 1. The fourth-order valence-corrected chi connectivity index (χ4v) is 4.44. The molecule has 0 aliphatic heterocycles. The highest BCUT2D eigenvalue weighted by Gasteiger charge is 2.16. The zero-order valence-corrected chi connectivity index (χ0v) is 18.6. The molecule has 5 rings (SSSR count). The number of thiocarbonyl (C=S) groups is 1. The van der Waals surface area contributed by atoms with Gasteiger partial charge in [-0.25, -0.2) is 0 Å². The monoisotopic (exact) mass is 432 g/mol.